The molecule has 2 atom stereocenters. The first-order valence-electron chi connectivity index (χ1n) is 4.88. The first kappa shape index (κ1) is 10.6. The SMILES string of the molecule is CCN1C(=O)[C@H]2C(C(=O)OC)=NN[C@@H]2C1=O. The smallest absolute Gasteiger partial charge is 0.355 e. The van der Waals surface area contributed by atoms with E-state index in [1.807, 2.05) is 0 Å². The largest absolute Gasteiger partial charge is 0.464 e. The van der Waals surface area contributed by atoms with Crippen LogP contribution in [-0.2, 0) is 19.1 Å². The Morgan fingerprint density at radius 2 is 2.19 bits per heavy atom. The van der Waals surface area contributed by atoms with Crippen LogP contribution in [0.5, 0.6) is 0 Å². The summed E-state index contributed by atoms with van der Waals surface area (Å²) in [5, 5.41) is 3.68. The zero-order valence-electron chi connectivity index (χ0n) is 8.89. The molecule has 86 valence electrons. The minimum atomic E-state index is -0.833. The van der Waals surface area contributed by atoms with E-state index in [2.05, 4.69) is 15.3 Å². The van der Waals surface area contributed by atoms with E-state index < -0.39 is 23.8 Å². The van der Waals surface area contributed by atoms with Crippen molar-refractivity contribution in [3.8, 4) is 0 Å². The van der Waals surface area contributed by atoms with Crippen molar-refractivity contribution in [1.29, 1.82) is 0 Å². The molecule has 0 aliphatic carbocycles. The van der Waals surface area contributed by atoms with Crippen molar-refractivity contribution < 1.29 is 19.1 Å². The van der Waals surface area contributed by atoms with Gasteiger partial charge in [-0.1, -0.05) is 0 Å². The van der Waals surface area contributed by atoms with E-state index in [9.17, 15) is 14.4 Å². The molecule has 0 saturated carbocycles. The molecule has 0 bridgehead atoms. The van der Waals surface area contributed by atoms with E-state index in [-0.39, 0.29) is 11.6 Å². The summed E-state index contributed by atoms with van der Waals surface area (Å²) in [5.41, 5.74) is 2.48. The maximum Gasteiger partial charge on any atom is 0.355 e. The number of amides is 2. The Morgan fingerprint density at radius 3 is 2.75 bits per heavy atom. The average molecular weight is 225 g/mol. The predicted octanol–water partition coefficient (Wildman–Crippen LogP) is -1.51. The molecule has 7 heteroatoms. The molecular formula is C9H11N3O4. The number of carbonyl (C=O) groups is 3. The molecule has 2 rings (SSSR count). The summed E-state index contributed by atoms with van der Waals surface area (Å²) in [7, 11) is 1.21. The minimum absolute atomic E-state index is 0.0261. The Hall–Kier alpha value is -1.92. The number of carbonyl (C=O) groups excluding carboxylic acids is 3. The highest BCUT2D eigenvalue weighted by molar-refractivity contribution is 6.43. The first-order chi connectivity index (χ1) is 7.61. The van der Waals surface area contributed by atoms with E-state index in [1.54, 1.807) is 6.92 Å². The highest BCUT2D eigenvalue weighted by Gasteiger charge is 2.54. The maximum absolute atomic E-state index is 11.8. The summed E-state index contributed by atoms with van der Waals surface area (Å²) < 4.78 is 4.50. The Kier molecular flexibility index (Phi) is 2.37. The fraction of sp³-hybridized carbons (Fsp3) is 0.556. The number of esters is 1. The number of fused-ring (bicyclic) bond motifs is 1. The van der Waals surface area contributed by atoms with Crippen LogP contribution in [0.2, 0.25) is 0 Å². The Bertz CT molecular complexity index is 404. The number of nitrogens with zero attached hydrogens (tertiary/aromatic N) is 2. The molecule has 0 spiro atoms. The normalized spacial score (nSPS) is 27.6. The highest BCUT2D eigenvalue weighted by Crippen LogP contribution is 2.25. The van der Waals surface area contributed by atoms with E-state index in [1.165, 1.54) is 7.11 Å². The molecular weight excluding hydrogens is 214 g/mol. The van der Waals surface area contributed by atoms with Crippen molar-refractivity contribution in [2.75, 3.05) is 13.7 Å². The zero-order chi connectivity index (χ0) is 11.9. The summed E-state index contributed by atoms with van der Waals surface area (Å²) in [6, 6.07) is -0.749. The van der Waals surface area contributed by atoms with Crippen LogP contribution in [0.1, 0.15) is 6.92 Å². The van der Waals surface area contributed by atoms with Crippen molar-refractivity contribution in [1.82, 2.24) is 10.3 Å². The summed E-state index contributed by atoms with van der Waals surface area (Å²) in [4.78, 5) is 36.0. The summed E-state index contributed by atoms with van der Waals surface area (Å²) in [6.07, 6.45) is 0. The van der Waals surface area contributed by atoms with Gasteiger partial charge in [0.2, 0.25) is 5.91 Å². The van der Waals surface area contributed by atoms with Crippen LogP contribution < -0.4 is 5.43 Å². The molecule has 7 nitrogen and oxygen atoms in total. The minimum Gasteiger partial charge on any atom is -0.464 e. The fourth-order valence-electron chi connectivity index (χ4n) is 1.93. The van der Waals surface area contributed by atoms with Crippen molar-refractivity contribution in [3.05, 3.63) is 0 Å². The van der Waals surface area contributed by atoms with Crippen LogP contribution in [0.15, 0.2) is 5.10 Å². The molecule has 2 heterocycles. The van der Waals surface area contributed by atoms with Gasteiger partial charge in [-0.15, -0.1) is 0 Å². The lowest BCUT2D eigenvalue weighted by Gasteiger charge is -2.11. The topological polar surface area (TPSA) is 88.1 Å². The Morgan fingerprint density at radius 1 is 1.50 bits per heavy atom. The number of rotatable bonds is 2. The highest BCUT2D eigenvalue weighted by atomic mass is 16.5. The molecule has 1 N–H and O–H groups in total. The van der Waals surface area contributed by atoms with Gasteiger partial charge in [0.25, 0.3) is 5.91 Å². The summed E-state index contributed by atoms with van der Waals surface area (Å²) in [5.74, 6) is -2.26. The first-order valence-corrected chi connectivity index (χ1v) is 4.88. The molecule has 1 fully saturated rings. The van der Waals surface area contributed by atoms with Crippen molar-refractivity contribution >= 4 is 23.5 Å². The van der Waals surface area contributed by atoms with Crippen LogP contribution >= 0.6 is 0 Å². The van der Waals surface area contributed by atoms with Gasteiger partial charge in [0.15, 0.2) is 5.71 Å². The Labute approximate surface area is 91.4 Å². The van der Waals surface area contributed by atoms with Gasteiger partial charge in [-0.05, 0) is 6.92 Å². The maximum atomic E-state index is 11.8. The lowest BCUT2D eigenvalue weighted by Crippen LogP contribution is -2.36. The number of hydrogen-bond donors (Lipinski definition) is 1. The van der Waals surface area contributed by atoms with Gasteiger partial charge < -0.3 is 4.74 Å². The monoisotopic (exact) mass is 225 g/mol. The van der Waals surface area contributed by atoms with Gasteiger partial charge in [-0.25, -0.2) is 4.79 Å². The standard InChI is InChI=1S/C9H11N3O4/c1-3-12-7(13)4-5(8(12)14)10-11-6(4)9(15)16-2/h4-5,10H,3H2,1-2H3/t4-,5+/m1/s1. The number of methoxy groups -OCH3 is 1. The average Bonchev–Trinajstić information content (AvgIpc) is 2.80. The van der Waals surface area contributed by atoms with Gasteiger partial charge in [0.05, 0.1) is 7.11 Å². The number of nitrogens with one attached hydrogen (secondary N) is 1. The third-order valence-electron chi connectivity index (χ3n) is 2.73. The number of ether oxygens (including phenoxy) is 1. The van der Waals surface area contributed by atoms with Gasteiger partial charge in [0, 0.05) is 6.54 Å². The van der Waals surface area contributed by atoms with Crippen LogP contribution in [0.4, 0.5) is 0 Å². The molecule has 0 aromatic carbocycles. The Balaban J connectivity index is 2.30. The number of imide groups is 1. The predicted molar refractivity (Wildman–Crippen MR) is 52.3 cm³/mol. The van der Waals surface area contributed by atoms with E-state index in [4.69, 9.17) is 0 Å². The number of hydrazone groups is 1. The number of hydrogen-bond acceptors (Lipinski definition) is 6. The fourth-order valence-corrected chi connectivity index (χ4v) is 1.93. The van der Waals surface area contributed by atoms with Gasteiger partial charge in [-0.3, -0.25) is 19.9 Å². The van der Waals surface area contributed by atoms with Crippen molar-refractivity contribution in [2.24, 2.45) is 11.0 Å². The van der Waals surface area contributed by atoms with Crippen LogP contribution in [0.25, 0.3) is 0 Å². The molecule has 0 unspecified atom stereocenters. The second-order valence-electron chi connectivity index (χ2n) is 3.49. The van der Waals surface area contributed by atoms with Crippen LogP contribution in [0, 0.1) is 5.92 Å². The third-order valence-corrected chi connectivity index (χ3v) is 2.73. The molecule has 16 heavy (non-hydrogen) atoms. The van der Waals surface area contributed by atoms with E-state index in [0.29, 0.717) is 6.54 Å². The molecule has 1 saturated heterocycles. The lowest BCUT2D eigenvalue weighted by molar-refractivity contribution is -0.140. The van der Waals surface area contributed by atoms with Gasteiger partial charge in [0.1, 0.15) is 12.0 Å². The molecule has 0 radical (unpaired) electrons. The second-order valence-corrected chi connectivity index (χ2v) is 3.49. The van der Waals surface area contributed by atoms with Crippen molar-refractivity contribution in [2.45, 2.75) is 13.0 Å². The quantitative estimate of drug-likeness (QED) is 0.456. The molecule has 2 amide bonds. The number of likely N-dealkylation sites (N-methyl/N-ethyl adjacent to an activating group) is 1. The molecule has 0 aromatic rings. The number of likely N-dealkylation sites (tertiary alicyclic amines) is 1. The van der Waals surface area contributed by atoms with E-state index in [0.717, 1.165) is 4.90 Å². The molecule has 0 aromatic heterocycles. The third kappa shape index (κ3) is 1.21. The van der Waals surface area contributed by atoms with Crippen molar-refractivity contribution in [3.63, 3.8) is 0 Å². The van der Waals surface area contributed by atoms with Crippen LogP contribution in [0.3, 0.4) is 0 Å². The molecule has 2 aliphatic heterocycles. The molecule has 2 aliphatic rings. The lowest BCUT2D eigenvalue weighted by atomic mass is 9.99. The summed E-state index contributed by atoms with van der Waals surface area (Å²) >= 11 is 0. The zero-order valence-corrected chi connectivity index (χ0v) is 8.89. The van der Waals surface area contributed by atoms with Gasteiger partial charge in [-0.2, -0.15) is 5.10 Å². The second kappa shape index (κ2) is 3.58. The van der Waals surface area contributed by atoms with E-state index >= 15 is 0 Å². The van der Waals surface area contributed by atoms with Gasteiger partial charge >= 0.3 is 5.97 Å². The van der Waals surface area contributed by atoms with Crippen LogP contribution in [-0.4, -0.2) is 48.1 Å². The summed E-state index contributed by atoms with van der Waals surface area (Å²) in [6.45, 7) is 1.99.